The second-order valence-corrected chi connectivity index (χ2v) is 11.5. The highest BCUT2D eigenvalue weighted by molar-refractivity contribution is 5.99. The van der Waals surface area contributed by atoms with E-state index in [2.05, 4.69) is 176 Å². The molecule has 0 saturated carbocycles. The number of fused-ring (bicyclic) bond motifs is 2. The van der Waals surface area contributed by atoms with E-state index in [1.54, 1.807) is 0 Å². The predicted octanol–water partition coefficient (Wildman–Crippen LogP) is 12.3. The monoisotopic (exact) mass is 577 g/mol. The molecule has 0 bridgehead atoms. The maximum absolute atomic E-state index is 4.54. The second-order valence-electron chi connectivity index (χ2n) is 11.5. The third-order valence-corrected chi connectivity index (χ3v) is 8.73. The van der Waals surface area contributed by atoms with Crippen molar-refractivity contribution < 1.29 is 0 Å². The van der Waals surface area contributed by atoms with Gasteiger partial charge in [0.05, 0.1) is 5.69 Å². The molecule has 6 aromatic carbocycles. The lowest BCUT2D eigenvalue weighted by molar-refractivity contribution is 0.817. The van der Waals surface area contributed by atoms with Crippen molar-refractivity contribution in [3.63, 3.8) is 0 Å². The van der Waals surface area contributed by atoms with Gasteiger partial charge in [-0.2, -0.15) is 0 Å². The van der Waals surface area contributed by atoms with Crippen LogP contribution in [0.1, 0.15) is 34.6 Å². The summed E-state index contributed by atoms with van der Waals surface area (Å²) in [6.07, 6.45) is 11.3. The summed E-state index contributed by atoms with van der Waals surface area (Å²) in [6, 6.07) is 50.2. The molecule has 6 aromatic rings. The summed E-state index contributed by atoms with van der Waals surface area (Å²) in [6.45, 7) is 8.45. The van der Waals surface area contributed by atoms with Crippen LogP contribution in [0.25, 0.3) is 33.5 Å². The van der Waals surface area contributed by atoms with Crippen LogP contribution in [0.3, 0.4) is 0 Å². The Morgan fingerprint density at radius 2 is 1.38 bits per heavy atom. The molecule has 0 saturated heterocycles. The molecule has 0 heterocycles. The van der Waals surface area contributed by atoms with Crippen molar-refractivity contribution in [2.75, 3.05) is 4.90 Å². The normalized spacial score (nSPS) is 13.9. The van der Waals surface area contributed by atoms with Crippen molar-refractivity contribution in [1.29, 1.82) is 0 Å². The molecule has 1 unspecified atom stereocenters. The fraction of sp³-hybridized carbons (Fsp3) is 0.0455. The molecular formula is C44H35N. The van der Waals surface area contributed by atoms with Gasteiger partial charge in [-0.05, 0) is 81.1 Å². The minimum absolute atomic E-state index is 0.250. The van der Waals surface area contributed by atoms with Crippen molar-refractivity contribution in [2.24, 2.45) is 0 Å². The zero-order valence-electron chi connectivity index (χ0n) is 25.3. The Morgan fingerprint density at radius 3 is 2.22 bits per heavy atom. The van der Waals surface area contributed by atoms with Crippen LogP contribution in [0.2, 0.25) is 0 Å². The molecule has 1 atom stereocenters. The molecule has 0 aromatic heterocycles. The second kappa shape index (κ2) is 12.5. The molecule has 0 radical (unpaired) electrons. The maximum atomic E-state index is 4.54. The lowest BCUT2D eigenvalue weighted by Crippen LogP contribution is -2.13. The molecule has 45 heavy (non-hydrogen) atoms. The fourth-order valence-electron chi connectivity index (χ4n) is 6.54. The Bertz CT molecular complexity index is 2060. The van der Waals surface area contributed by atoms with E-state index in [9.17, 15) is 0 Å². The molecule has 1 aliphatic rings. The van der Waals surface area contributed by atoms with Gasteiger partial charge in [0, 0.05) is 22.7 Å². The van der Waals surface area contributed by atoms with Gasteiger partial charge < -0.3 is 4.90 Å². The van der Waals surface area contributed by atoms with E-state index >= 15 is 0 Å². The third-order valence-electron chi connectivity index (χ3n) is 8.73. The zero-order valence-corrected chi connectivity index (χ0v) is 25.3. The minimum atomic E-state index is 0.250. The minimum Gasteiger partial charge on any atom is -0.310 e. The molecule has 7 rings (SSSR count). The standard InChI is InChI=1S/C44H35N/c1-3-4-14-32(2)43-31-38(29-30-42(43)41-23-12-19-35-17-8-10-21-39(35)41)45(44-24-13-20-36-18-9-11-22-40(36)44)37-27-25-34(26-28-37)33-15-6-5-7-16-33/h3-22,24-31,41H,1-2,23H2/b14-4-. The maximum Gasteiger partial charge on any atom is 0.0540 e. The molecule has 0 N–H and O–H groups in total. The first kappa shape index (κ1) is 28.1. The molecule has 1 aliphatic carbocycles. The van der Waals surface area contributed by atoms with Crippen LogP contribution in [0.4, 0.5) is 17.1 Å². The van der Waals surface area contributed by atoms with Crippen molar-refractivity contribution in [1.82, 2.24) is 0 Å². The highest BCUT2D eigenvalue weighted by atomic mass is 15.1. The van der Waals surface area contributed by atoms with Gasteiger partial charge in [-0.3, -0.25) is 0 Å². The Balaban J connectivity index is 1.41. The number of allylic oxidation sites excluding steroid dienone is 5. The SMILES string of the molecule is C=C/C=C\C(=C)c1cc(N(c2ccc(-c3ccccc3)cc2)c2cccc3ccccc23)ccc1C1CC=Cc2ccccc21. The summed E-state index contributed by atoms with van der Waals surface area (Å²) < 4.78 is 0. The van der Waals surface area contributed by atoms with E-state index in [0.29, 0.717) is 0 Å². The third kappa shape index (κ3) is 5.57. The van der Waals surface area contributed by atoms with Crippen LogP contribution in [-0.2, 0) is 0 Å². The predicted molar refractivity (Wildman–Crippen MR) is 194 cm³/mol. The summed E-state index contributed by atoms with van der Waals surface area (Å²) in [5.41, 5.74) is 11.8. The van der Waals surface area contributed by atoms with Crippen LogP contribution < -0.4 is 4.90 Å². The van der Waals surface area contributed by atoms with Gasteiger partial charge in [0.25, 0.3) is 0 Å². The number of rotatable bonds is 8. The van der Waals surface area contributed by atoms with Crippen LogP contribution >= 0.6 is 0 Å². The van der Waals surface area contributed by atoms with Crippen molar-refractivity contribution in [2.45, 2.75) is 12.3 Å². The summed E-state index contributed by atoms with van der Waals surface area (Å²) >= 11 is 0. The average molecular weight is 578 g/mol. The van der Waals surface area contributed by atoms with Crippen molar-refractivity contribution >= 4 is 39.5 Å². The van der Waals surface area contributed by atoms with E-state index in [1.807, 2.05) is 12.2 Å². The van der Waals surface area contributed by atoms with E-state index in [1.165, 1.54) is 38.6 Å². The molecule has 0 fully saturated rings. The van der Waals surface area contributed by atoms with Gasteiger partial charge in [0.2, 0.25) is 0 Å². The van der Waals surface area contributed by atoms with Crippen LogP contribution in [0, 0.1) is 0 Å². The van der Waals surface area contributed by atoms with Gasteiger partial charge in [0.15, 0.2) is 0 Å². The van der Waals surface area contributed by atoms with E-state index in [0.717, 1.165) is 34.6 Å². The lowest BCUT2D eigenvalue weighted by Gasteiger charge is -2.30. The number of anilines is 3. The first-order chi connectivity index (χ1) is 22.2. The van der Waals surface area contributed by atoms with E-state index in [-0.39, 0.29) is 5.92 Å². The smallest absolute Gasteiger partial charge is 0.0540 e. The molecular weight excluding hydrogens is 542 g/mol. The number of nitrogens with zero attached hydrogens (tertiary/aromatic N) is 1. The Labute approximate surface area is 266 Å². The van der Waals surface area contributed by atoms with Crippen molar-refractivity contribution in [3.8, 4) is 11.1 Å². The van der Waals surface area contributed by atoms with Crippen molar-refractivity contribution in [3.05, 3.63) is 199 Å². The Morgan fingerprint density at radius 1 is 0.667 bits per heavy atom. The van der Waals surface area contributed by atoms with Gasteiger partial charge in [0.1, 0.15) is 0 Å². The molecule has 0 amide bonds. The van der Waals surface area contributed by atoms with Gasteiger partial charge in [-0.25, -0.2) is 0 Å². The summed E-state index contributed by atoms with van der Waals surface area (Å²) in [5, 5.41) is 2.41. The zero-order chi connectivity index (χ0) is 30.6. The first-order valence-electron chi connectivity index (χ1n) is 15.5. The van der Waals surface area contributed by atoms with Crippen LogP contribution in [-0.4, -0.2) is 0 Å². The summed E-state index contributed by atoms with van der Waals surface area (Å²) in [5.74, 6) is 0.250. The summed E-state index contributed by atoms with van der Waals surface area (Å²) in [7, 11) is 0. The molecule has 1 heteroatoms. The largest absolute Gasteiger partial charge is 0.310 e. The van der Waals surface area contributed by atoms with E-state index in [4.69, 9.17) is 0 Å². The van der Waals surface area contributed by atoms with Crippen LogP contribution in [0.5, 0.6) is 0 Å². The van der Waals surface area contributed by atoms with Gasteiger partial charge >= 0.3 is 0 Å². The van der Waals surface area contributed by atoms with Gasteiger partial charge in [-0.1, -0.05) is 153 Å². The number of benzene rings is 6. The first-order valence-corrected chi connectivity index (χ1v) is 15.5. The highest BCUT2D eigenvalue weighted by Crippen LogP contribution is 2.44. The number of hydrogen-bond acceptors (Lipinski definition) is 1. The Kier molecular flexibility index (Phi) is 7.83. The number of hydrogen-bond donors (Lipinski definition) is 0. The highest BCUT2D eigenvalue weighted by Gasteiger charge is 2.24. The van der Waals surface area contributed by atoms with Gasteiger partial charge in [-0.15, -0.1) is 0 Å². The average Bonchev–Trinajstić information content (AvgIpc) is 3.11. The molecule has 0 aliphatic heterocycles. The fourth-order valence-corrected chi connectivity index (χ4v) is 6.54. The molecule has 216 valence electrons. The molecule has 0 spiro atoms. The Hall–Kier alpha value is -5.66. The quantitative estimate of drug-likeness (QED) is 0.163. The van der Waals surface area contributed by atoms with Crippen LogP contribution in [0.15, 0.2) is 177 Å². The summed E-state index contributed by atoms with van der Waals surface area (Å²) in [4.78, 5) is 2.38. The molecule has 1 nitrogen and oxygen atoms in total. The lowest BCUT2D eigenvalue weighted by atomic mass is 9.79. The van der Waals surface area contributed by atoms with E-state index < -0.39 is 0 Å². The topological polar surface area (TPSA) is 3.24 Å².